The van der Waals surface area contributed by atoms with Crippen molar-refractivity contribution in [3.8, 4) is 0 Å². The lowest BCUT2D eigenvalue weighted by molar-refractivity contribution is -0.140. The van der Waals surface area contributed by atoms with Crippen LogP contribution in [0, 0.1) is 5.92 Å². The van der Waals surface area contributed by atoms with Gasteiger partial charge in [0.1, 0.15) is 5.54 Å². The summed E-state index contributed by atoms with van der Waals surface area (Å²) >= 11 is 0. The van der Waals surface area contributed by atoms with Gasteiger partial charge < -0.3 is 5.32 Å². The Morgan fingerprint density at radius 2 is 1.51 bits per heavy atom. The van der Waals surface area contributed by atoms with Gasteiger partial charge in [0.05, 0.1) is 16.8 Å². The van der Waals surface area contributed by atoms with Crippen LogP contribution < -0.4 is 5.32 Å². The minimum Gasteiger partial charge on any atom is -0.341 e. The zero-order chi connectivity index (χ0) is 26.7. The number of nitrogens with one attached hydrogen (secondary N) is 1. The van der Waals surface area contributed by atoms with Gasteiger partial charge in [-0.15, -0.1) is 0 Å². The average Bonchev–Trinajstić information content (AvgIpc) is 3.36. The first-order valence-electron chi connectivity index (χ1n) is 12.0. The average molecular weight is 521 g/mol. The summed E-state index contributed by atoms with van der Waals surface area (Å²) in [6.07, 6.45) is -5.04. The number of carbonyl (C=O) groups is 1. The van der Waals surface area contributed by atoms with Crippen LogP contribution in [0.5, 0.6) is 0 Å². The quantitative estimate of drug-likeness (QED) is 0.332. The molecule has 1 N–H and O–H groups in total. The Kier molecular flexibility index (Phi) is 7.62. The van der Waals surface area contributed by atoms with Crippen molar-refractivity contribution in [2.75, 3.05) is 0 Å². The number of carbonyl (C=O) groups excluding carboxylic acids is 1. The van der Waals surface area contributed by atoms with E-state index in [2.05, 4.69) is 10.3 Å². The fourth-order valence-corrected chi connectivity index (χ4v) is 5.10. The van der Waals surface area contributed by atoms with Crippen molar-refractivity contribution in [2.45, 2.75) is 56.4 Å². The number of rotatable bonds is 7. The van der Waals surface area contributed by atoms with Gasteiger partial charge in [0.15, 0.2) is 0 Å². The van der Waals surface area contributed by atoms with Gasteiger partial charge >= 0.3 is 12.4 Å². The maximum absolute atomic E-state index is 14.2. The molecule has 9 heteroatoms. The lowest BCUT2D eigenvalue weighted by atomic mass is 9.78. The topological polar surface area (TPSA) is 42.0 Å². The number of hydrogen-bond acceptors (Lipinski definition) is 2. The van der Waals surface area contributed by atoms with E-state index in [0.717, 1.165) is 62.2 Å². The van der Waals surface area contributed by atoms with E-state index >= 15 is 0 Å². The highest BCUT2D eigenvalue weighted by molar-refractivity contribution is 5.78. The molecule has 3 nitrogen and oxygen atoms in total. The van der Waals surface area contributed by atoms with Crippen molar-refractivity contribution in [1.82, 2.24) is 10.3 Å². The van der Waals surface area contributed by atoms with Gasteiger partial charge in [0, 0.05) is 19.0 Å². The van der Waals surface area contributed by atoms with Gasteiger partial charge in [-0.1, -0.05) is 55.3 Å². The number of hydrogen-bond donors (Lipinski definition) is 1. The van der Waals surface area contributed by atoms with Crippen molar-refractivity contribution >= 4 is 5.91 Å². The number of nitrogens with zero attached hydrogens (tertiary/aromatic N) is 1. The van der Waals surface area contributed by atoms with E-state index < -0.39 is 40.6 Å². The normalized spacial score (nSPS) is 16.4. The lowest BCUT2D eigenvalue weighted by Crippen LogP contribution is -2.50. The Balaban J connectivity index is 1.95. The van der Waals surface area contributed by atoms with Crippen LogP contribution in [0.3, 0.4) is 0 Å². The van der Waals surface area contributed by atoms with Gasteiger partial charge in [-0.05, 0) is 54.2 Å². The van der Waals surface area contributed by atoms with Crippen LogP contribution in [0.4, 0.5) is 26.3 Å². The molecule has 0 bridgehead atoms. The molecule has 1 aliphatic carbocycles. The van der Waals surface area contributed by atoms with E-state index in [1.807, 2.05) is 0 Å². The molecule has 0 saturated heterocycles. The first-order valence-corrected chi connectivity index (χ1v) is 12.0. The summed E-state index contributed by atoms with van der Waals surface area (Å²) < 4.78 is 83.8. The molecule has 3 aromatic rings. The predicted octanol–water partition coefficient (Wildman–Crippen LogP) is 7.30. The largest absolute Gasteiger partial charge is 0.418 e. The van der Waals surface area contributed by atoms with E-state index in [1.165, 1.54) is 6.07 Å². The highest BCUT2D eigenvalue weighted by atomic mass is 19.4. The molecule has 2 aromatic carbocycles. The third-order valence-corrected chi connectivity index (χ3v) is 6.81. The van der Waals surface area contributed by atoms with Crippen molar-refractivity contribution in [2.24, 2.45) is 5.92 Å². The van der Waals surface area contributed by atoms with Crippen LogP contribution in [0.1, 0.15) is 60.1 Å². The molecule has 1 aliphatic rings. The molecule has 0 spiro atoms. The van der Waals surface area contributed by atoms with Gasteiger partial charge in [-0.3, -0.25) is 9.78 Å². The van der Waals surface area contributed by atoms with Crippen LogP contribution in [-0.2, 0) is 29.1 Å². The Hall–Kier alpha value is -3.36. The molecular weight excluding hydrogens is 494 g/mol. The summed E-state index contributed by atoms with van der Waals surface area (Å²) in [5.74, 6) is -0.458. The van der Waals surface area contributed by atoms with Crippen LogP contribution in [0.15, 0.2) is 72.9 Å². The molecule has 1 aromatic heterocycles. The molecule has 37 heavy (non-hydrogen) atoms. The molecule has 1 fully saturated rings. The number of pyridine rings is 1. The fourth-order valence-electron chi connectivity index (χ4n) is 5.10. The number of alkyl halides is 6. The maximum Gasteiger partial charge on any atom is 0.418 e. The second-order valence-corrected chi connectivity index (χ2v) is 9.45. The van der Waals surface area contributed by atoms with Crippen molar-refractivity contribution < 1.29 is 31.1 Å². The summed E-state index contributed by atoms with van der Waals surface area (Å²) in [4.78, 5) is 17.4. The van der Waals surface area contributed by atoms with E-state index in [-0.39, 0.29) is 24.3 Å². The molecule has 1 amide bonds. The number of aromatic nitrogens is 1. The van der Waals surface area contributed by atoms with E-state index in [0.29, 0.717) is 5.56 Å². The number of benzene rings is 2. The van der Waals surface area contributed by atoms with Gasteiger partial charge in [0.2, 0.25) is 5.91 Å². The summed E-state index contributed by atoms with van der Waals surface area (Å²) in [5.41, 5.74) is -4.31. The standard InChI is InChI=1S/C28H26F6N2O/c29-27(30,31)22-13-6-12-21(17-22)26(18-20-10-2-1-3-11-20,36-24(37)16-19-8-4-5-9-19)25-23(28(32,33)34)14-7-15-35-25/h1-3,6-7,10-15,17,19H,4-5,8-9,16,18H2,(H,36,37). The molecule has 0 radical (unpaired) electrons. The van der Waals surface area contributed by atoms with Crippen LogP contribution in [0.2, 0.25) is 0 Å². The molecule has 0 aliphatic heterocycles. The summed E-state index contributed by atoms with van der Waals surface area (Å²) in [5, 5.41) is 2.76. The minimum atomic E-state index is -4.86. The zero-order valence-corrected chi connectivity index (χ0v) is 19.9. The molecule has 1 heterocycles. The SMILES string of the molecule is O=C(CC1CCCC1)NC(Cc1ccccc1)(c1cccc(C(F)(F)F)c1)c1ncccc1C(F)(F)F. The van der Waals surface area contributed by atoms with Crippen LogP contribution in [0.25, 0.3) is 0 Å². The molecule has 1 saturated carbocycles. The predicted molar refractivity (Wildman–Crippen MR) is 126 cm³/mol. The Morgan fingerprint density at radius 1 is 0.838 bits per heavy atom. The van der Waals surface area contributed by atoms with Crippen molar-refractivity contribution in [3.63, 3.8) is 0 Å². The van der Waals surface area contributed by atoms with Crippen LogP contribution >= 0.6 is 0 Å². The molecule has 1 unspecified atom stereocenters. The van der Waals surface area contributed by atoms with E-state index in [4.69, 9.17) is 0 Å². The first kappa shape index (κ1) is 26.7. The minimum absolute atomic E-state index is 0.0711. The highest BCUT2D eigenvalue weighted by Gasteiger charge is 2.46. The van der Waals surface area contributed by atoms with Gasteiger partial charge in [-0.25, -0.2) is 0 Å². The van der Waals surface area contributed by atoms with Gasteiger partial charge in [-0.2, -0.15) is 26.3 Å². The van der Waals surface area contributed by atoms with Crippen molar-refractivity contribution in [1.29, 1.82) is 0 Å². The zero-order valence-electron chi connectivity index (χ0n) is 19.9. The maximum atomic E-state index is 14.2. The smallest absolute Gasteiger partial charge is 0.341 e. The summed E-state index contributed by atoms with van der Waals surface area (Å²) in [6, 6.07) is 14.4. The molecule has 196 valence electrons. The van der Waals surface area contributed by atoms with E-state index in [1.54, 1.807) is 30.3 Å². The summed E-state index contributed by atoms with van der Waals surface area (Å²) in [6.45, 7) is 0. The second kappa shape index (κ2) is 10.6. The number of halogens is 6. The second-order valence-electron chi connectivity index (χ2n) is 9.45. The number of amides is 1. The van der Waals surface area contributed by atoms with Crippen molar-refractivity contribution in [3.05, 3.63) is 101 Å². The Labute approximate surface area is 210 Å². The fraction of sp³-hybridized carbons (Fsp3) is 0.357. The molecule has 1 atom stereocenters. The van der Waals surface area contributed by atoms with E-state index in [9.17, 15) is 31.1 Å². The lowest BCUT2D eigenvalue weighted by Gasteiger charge is -2.37. The van der Waals surface area contributed by atoms with Gasteiger partial charge in [0.25, 0.3) is 0 Å². The third-order valence-electron chi connectivity index (χ3n) is 6.81. The molecule has 4 rings (SSSR count). The monoisotopic (exact) mass is 520 g/mol. The highest BCUT2D eigenvalue weighted by Crippen LogP contribution is 2.42. The first-order chi connectivity index (χ1) is 17.5. The third kappa shape index (κ3) is 6.14. The summed E-state index contributed by atoms with van der Waals surface area (Å²) in [7, 11) is 0. The molecular formula is C28H26F6N2O. The Bertz CT molecular complexity index is 1220. The van der Waals surface area contributed by atoms with Crippen LogP contribution in [-0.4, -0.2) is 10.9 Å². The Morgan fingerprint density at radius 3 is 2.16 bits per heavy atom.